The zero-order chi connectivity index (χ0) is 16.8. The fourth-order valence-corrected chi connectivity index (χ4v) is 4.39. The summed E-state index contributed by atoms with van der Waals surface area (Å²) in [5.41, 5.74) is 0. The molecule has 5 heteroatoms. The van der Waals surface area contributed by atoms with Crippen molar-refractivity contribution in [2.24, 2.45) is 11.8 Å². The molecule has 0 radical (unpaired) electrons. The molecule has 0 atom stereocenters. The number of hydrogen-bond donors (Lipinski definition) is 0. The average Bonchev–Trinajstić information content (AvgIpc) is 2.62. The van der Waals surface area contributed by atoms with Gasteiger partial charge in [0.1, 0.15) is 0 Å². The van der Waals surface area contributed by atoms with E-state index in [1.54, 1.807) is 0 Å². The first-order valence-corrected chi connectivity index (χ1v) is 10.4. The first-order chi connectivity index (χ1) is 11.7. The van der Waals surface area contributed by atoms with Gasteiger partial charge >= 0.3 is 0 Å². The van der Waals surface area contributed by atoms with Crippen LogP contribution in [-0.2, 0) is 0 Å². The van der Waals surface area contributed by atoms with E-state index in [4.69, 9.17) is 0 Å². The highest BCUT2D eigenvalue weighted by Crippen LogP contribution is 2.32. The molecule has 1 aliphatic carbocycles. The van der Waals surface area contributed by atoms with Crippen molar-refractivity contribution in [3.05, 3.63) is 16.9 Å². The summed E-state index contributed by atoms with van der Waals surface area (Å²) in [5.74, 6) is 2.67. The van der Waals surface area contributed by atoms with Crippen LogP contribution in [0, 0.1) is 11.8 Å². The van der Waals surface area contributed by atoms with Crippen molar-refractivity contribution in [2.75, 3.05) is 38.1 Å². The molecule has 0 bridgehead atoms. The number of piperidine rings is 1. The Hall–Kier alpha value is -0.680. The Bertz CT molecular complexity index is 479. The van der Waals surface area contributed by atoms with Gasteiger partial charge in [0.15, 0.2) is 0 Å². The van der Waals surface area contributed by atoms with Crippen LogP contribution in [0.25, 0.3) is 0 Å². The fourth-order valence-electron chi connectivity index (χ4n) is 4.19. The van der Waals surface area contributed by atoms with Crippen LogP contribution in [0.3, 0.4) is 0 Å². The van der Waals surface area contributed by atoms with Crippen molar-refractivity contribution in [3.63, 3.8) is 0 Å². The fraction of sp³-hybridized carbons (Fsp3) is 0.789. The minimum atomic E-state index is 0.831. The van der Waals surface area contributed by atoms with Gasteiger partial charge in [-0.1, -0.05) is 19.3 Å². The lowest BCUT2D eigenvalue weighted by Crippen LogP contribution is -2.35. The second-order valence-corrected chi connectivity index (χ2v) is 8.58. The third kappa shape index (κ3) is 5.41. The van der Waals surface area contributed by atoms with Crippen LogP contribution in [-0.4, -0.2) is 48.1 Å². The molecule has 0 N–H and O–H groups in total. The first kappa shape index (κ1) is 18.1. The standard InChI is InChI=1S/C19H31BrN4/c1-23(19-21-13-18(20)14-22-19)12-9-16-5-7-17(8-6-16)15-24-10-3-2-4-11-24/h13-14,16-17H,2-12,15H2,1H3. The molecule has 0 unspecified atom stereocenters. The summed E-state index contributed by atoms with van der Waals surface area (Å²) < 4.78 is 0.937. The predicted octanol–water partition coefficient (Wildman–Crippen LogP) is 4.36. The number of anilines is 1. The molecule has 1 saturated heterocycles. The largest absolute Gasteiger partial charge is 0.344 e. The van der Waals surface area contributed by atoms with Gasteiger partial charge in [0.25, 0.3) is 0 Å². The Kier molecular flexibility index (Phi) is 6.90. The van der Waals surface area contributed by atoms with Crippen molar-refractivity contribution < 1.29 is 0 Å². The van der Waals surface area contributed by atoms with Gasteiger partial charge in [0.05, 0.1) is 4.47 Å². The molecule has 3 rings (SSSR count). The maximum atomic E-state index is 4.38. The second-order valence-electron chi connectivity index (χ2n) is 7.66. The second kappa shape index (κ2) is 9.14. The summed E-state index contributed by atoms with van der Waals surface area (Å²) in [4.78, 5) is 13.7. The zero-order valence-electron chi connectivity index (χ0n) is 15.0. The lowest BCUT2D eigenvalue weighted by molar-refractivity contribution is 0.157. The zero-order valence-corrected chi connectivity index (χ0v) is 16.5. The third-order valence-electron chi connectivity index (χ3n) is 5.75. The Morgan fingerprint density at radius 3 is 2.33 bits per heavy atom. The van der Waals surface area contributed by atoms with Crippen LogP contribution in [0.2, 0.25) is 0 Å². The van der Waals surface area contributed by atoms with Gasteiger partial charge in [-0.3, -0.25) is 0 Å². The van der Waals surface area contributed by atoms with E-state index in [9.17, 15) is 0 Å². The monoisotopic (exact) mass is 394 g/mol. The molecule has 24 heavy (non-hydrogen) atoms. The predicted molar refractivity (Wildman–Crippen MR) is 103 cm³/mol. The Balaban J connectivity index is 1.35. The minimum Gasteiger partial charge on any atom is -0.344 e. The van der Waals surface area contributed by atoms with E-state index in [1.165, 1.54) is 71.0 Å². The lowest BCUT2D eigenvalue weighted by Gasteiger charge is -2.34. The van der Waals surface area contributed by atoms with E-state index in [0.717, 1.165) is 28.8 Å². The molecule has 2 fully saturated rings. The van der Waals surface area contributed by atoms with Gasteiger partial charge in [-0.05, 0) is 73.0 Å². The smallest absolute Gasteiger partial charge is 0.225 e. The summed E-state index contributed by atoms with van der Waals surface area (Å²) in [6, 6.07) is 0. The highest BCUT2D eigenvalue weighted by atomic mass is 79.9. The lowest BCUT2D eigenvalue weighted by atomic mass is 9.80. The van der Waals surface area contributed by atoms with Gasteiger partial charge in [-0.2, -0.15) is 0 Å². The van der Waals surface area contributed by atoms with E-state index in [2.05, 4.69) is 42.7 Å². The summed E-state index contributed by atoms with van der Waals surface area (Å²) >= 11 is 3.39. The van der Waals surface area contributed by atoms with Gasteiger partial charge in [-0.25, -0.2) is 9.97 Å². The van der Waals surface area contributed by atoms with E-state index >= 15 is 0 Å². The van der Waals surface area contributed by atoms with E-state index in [1.807, 2.05) is 12.4 Å². The van der Waals surface area contributed by atoms with E-state index in [0.29, 0.717) is 0 Å². The van der Waals surface area contributed by atoms with E-state index in [-0.39, 0.29) is 0 Å². The van der Waals surface area contributed by atoms with Gasteiger partial charge in [0, 0.05) is 32.5 Å². The molecule has 2 heterocycles. The molecule has 2 aliphatic rings. The van der Waals surface area contributed by atoms with Crippen molar-refractivity contribution in [3.8, 4) is 0 Å². The molecule has 1 aliphatic heterocycles. The molecule has 4 nitrogen and oxygen atoms in total. The van der Waals surface area contributed by atoms with Crippen molar-refractivity contribution >= 4 is 21.9 Å². The van der Waals surface area contributed by atoms with E-state index < -0.39 is 0 Å². The number of halogens is 1. The Morgan fingerprint density at radius 1 is 1.04 bits per heavy atom. The van der Waals surface area contributed by atoms with Crippen molar-refractivity contribution in [1.29, 1.82) is 0 Å². The normalized spacial score (nSPS) is 25.6. The number of hydrogen-bond acceptors (Lipinski definition) is 4. The number of nitrogens with zero attached hydrogens (tertiary/aromatic N) is 4. The van der Waals surface area contributed by atoms with Crippen molar-refractivity contribution in [2.45, 2.75) is 51.4 Å². The molecule has 0 aromatic carbocycles. The molecular formula is C19H31BrN4. The molecule has 1 saturated carbocycles. The highest BCUT2D eigenvalue weighted by Gasteiger charge is 2.23. The molecule has 1 aromatic rings. The van der Waals surface area contributed by atoms with Crippen LogP contribution in [0.5, 0.6) is 0 Å². The van der Waals surface area contributed by atoms with Gasteiger partial charge in [-0.15, -0.1) is 0 Å². The average molecular weight is 395 g/mol. The van der Waals surface area contributed by atoms with Crippen LogP contribution in [0.4, 0.5) is 5.95 Å². The minimum absolute atomic E-state index is 0.831. The summed E-state index contributed by atoms with van der Waals surface area (Å²) in [7, 11) is 2.10. The summed E-state index contributed by atoms with van der Waals surface area (Å²) in [6.45, 7) is 5.11. The van der Waals surface area contributed by atoms with Gasteiger partial charge < -0.3 is 9.80 Å². The Labute approximate surface area is 155 Å². The summed E-state index contributed by atoms with van der Waals surface area (Å²) in [5, 5.41) is 0. The molecule has 0 spiro atoms. The number of rotatable bonds is 6. The maximum Gasteiger partial charge on any atom is 0.225 e. The third-order valence-corrected chi connectivity index (χ3v) is 6.16. The van der Waals surface area contributed by atoms with Gasteiger partial charge in [0.2, 0.25) is 5.95 Å². The summed E-state index contributed by atoms with van der Waals surface area (Å²) in [6.07, 6.45) is 14.9. The highest BCUT2D eigenvalue weighted by molar-refractivity contribution is 9.10. The first-order valence-electron chi connectivity index (χ1n) is 9.62. The Morgan fingerprint density at radius 2 is 1.67 bits per heavy atom. The van der Waals surface area contributed by atoms with Crippen LogP contribution < -0.4 is 4.90 Å². The molecule has 134 valence electrons. The molecule has 1 aromatic heterocycles. The number of likely N-dealkylation sites (tertiary alicyclic amines) is 1. The molecule has 0 amide bonds. The quantitative estimate of drug-likeness (QED) is 0.717. The topological polar surface area (TPSA) is 32.3 Å². The van der Waals surface area contributed by atoms with Crippen molar-refractivity contribution in [1.82, 2.24) is 14.9 Å². The SMILES string of the molecule is CN(CCC1CCC(CN2CCCCC2)CC1)c1ncc(Br)cn1. The van der Waals surface area contributed by atoms with Crippen LogP contribution >= 0.6 is 15.9 Å². The van der Waals surface area contributed by atoms with Crippen LogP contribution in [0.15, 0.2) is 16.9 Å². The molecular weight excluding hydrogens is 364 g/mol. The maximum absolute atomic E-state index is 4.38. The number of aromatic nitrogens is 2. The van der Waals surface area contributed by atoms with Crippen LogP contribution in [0.1, 0.15) is 51.4 Å².